The van der Waals surface area contributed by atoms with Crippen LogP contribution in [-0.4, -0.2) is 123 Å². The van der Waals surface area contributed by atoms with Gasteiger partial charge in [0, 0.05) is 41.7 Å². The Labute approximate surface area is 311 Å². The fourth-order valence-electron chi connectivity index (χ4n) is 7.94. The number of fused-ring (bicyclic) bond motifs is 2. The molecule has 5 rings (SSSR count). The molecule has 0 spiro atoms. The number of unbranched alkanes of at least 4 members (excludes halogenated alkanes) is 1. The number of aliphatic hydroxyl groups is 5. The van der Waals surface area contributed by atoms with E-state index in [4.69, 9.17) is 19.0 Å². The molecule has 55 heavy (non-hydrogen) atoms. The van der Waals surface area contributed by atoms with Crippen LogP contribution in [0.25, 0.3) is 0 Å². The van der Waals surface area contributed by atoms with Crippen LogP contribution in [0.2, 0.25) is 0 Å². The van der Waals surface area contributed by atoms with E-state index in [0.29, 0.717) is 6.42 Å². The third kappa shape index (κ3) is 8.27. The van der Waals surface area contributed by atoms with Gasteiger partial charge in [-0.15, -0.1) is 0 Å². The predicted octanol–water partition coefficient (Wildman–Crippen LogP) is 1.63. The van der Waals surface area contributed by atoms with Gasteiger partial charge in [-0.05, 0) is 37.3 Å². The minimum absolute atomic E-state index is 0.0804. The van der Waals surface area contributed by atoms with Crippen LogP contribution < -0.4 is 10.2 Å². The highest BCUT2D eigenvalue weighted by molar-refractivity contribution is 6.30. The van der Waals surface area contributed by atoms with Crippen LogP contribution in [0.4, 0.5) is 13.2 Å². The zero-order valence-electron chi connectivity index (χ0n) is 29.7. The molecule has 16 nitrogen and oxygen atoms in total. The molecule has 1 heterocycles. The van der Waals surface area contributed by atoms with Gasteiger partial charge in [0.2, 0.25) is 6.10 Å². The summed E-state index contributed by atoms with van der Waals surface area (Å²) in [7, 11) is 1.21. The topological polar surface area (TPSA) is 256 Å². The predicted molar refractivity (Wildman–Crippen MR) is 177 cm³/mol. The van der Waals surface area contributed by atoms with Crippen LogP contribution >= 0.6 is 0 Å². The van der Waals surface area contributed by atoms with Gasteiger partial charge in [0.05, 0.1) is 55.4 Å². The number of carboxylic acid groups (broad SMARTS) is 1. The average molecular weight is 786 g/mol. The van der Waals surface area contributed by atoms with Gasteiger partial charge in [-0.2, -0.15) is 13.2 Å². The number of halogens is 3. The molecule has 1 amide bonds. The molecule has 1 aromatic carbocycles. The summed E-state index contributed by atoms with van der Waals surface area (Å²) in [4.78, 5) is 71.5. The Bertz CT molecular complexity index is 1760. The van der Waals surface area contributed by atoms with E-state index < -0.39 is 126 Å². The number of amides is 1. The van der Waals surface area contributed by atoms with Crippen molar-refractivity contribution in [3.63, 3.8) is 0 Å². The lowest BCUT2D eigenvalue weighted by atomic mass is 9.59. The minimum atomic E-state index is -5.53. The highest BCUT2D eigenvalue weighted by Crippen LogP contribution is 2.53. The number of rotatable bonds is 10. The van der Waals surface area contributed by atoms with Gasteiger partial charge in [0.15, 0.2) is 11.6 Å². The van der Waals surface area contributed by atoms with Crippen LogP contribution in [0.15, 0.2) is 40.7 Å². The van der Waals surface area contributed by atoms with Crippen molar-refractivity contribution in [2.45, 2.75) is 101 Å². The summed E-state index contributed by atoms with van der Waals surface area (Å²) < 4.78 is 57.3. The lowest BCUT2D eigenvalue weighted by Gasteiger charge is -2.50. The lowest BCUT2D eigenvalue weighted by Crippen LogP contribution is -2.59. The first-order valence-electron chi connectivity index (χ1n) is 17.6. The van der Waals surface area contributed by atoms with Gasteiger partial charge in [-0.3, -0.25) is 24.0 Å². The molecule has 19 heteroatoms. The van der Waals surface area contributed by atoms with Crippen molar-refractivity contribution in [1.82, 2.24) is 5.48 Å². The Hall–Kier alpha value is -4.40. The SMILES string of the molecule is CCCCC(=O)OC(C(=O)O)C1CC2=C(O)C3=C(C(=O)c4c(OC)cccc4C3=O)C(O)C2C(ONC(=O)C(F)(F)F)C1[C@@H]1CC[C@H](O)[C@H](O)C[C@@H](O)CO1. The van der Waals surface area contributed by atoms with Crippen molar-refractivity contribution in [1.29, 1.82) is 0 Å². The van der Waals surface area contributed by atoms with Crippen LogP contribution in [0, 0.1) is 17.8 Å². The third-order valence-electron chi connectivity index (χ3n) is 10.5. The van der Waals surface area contributed by atoms with E-state index in [2.05, 4.69) is 0 Å². The molecule has 1 saturated heterocycles. The van der Waals surface area contributed by atoms with Gasteiger partial charge in [-0.25, -0.2) is 10.3 Å². The number of alkyl halides is 3. The zero-order chi connectivity index (χ0) is 40.5. The van der Waals surface area contributed by atoms with Crippen molar-refractivity contribution in [3.05, 3.63) is 51.8 Å². The monoisotopic (exact) mass is 785 g/mol. The molecule has 0 radical (unpaired) electrons. The van der Waals surface area contributed by atoms with E-state index in [1.54, 1.807) is 6.92 Å². The molecule has 302 valence electrons. The molecule has 2 fully saturated rings. The smallest absolute Gasteiger partial charge is 0.473 e. The highest BCUT2D eigenvalue weighted by Gasteiger charge is 2.59. The number of carbonyl (C=O) groups is 5. The first kappa shape index (κ1) is 41.8. The standard InChI is InChI=1S/C36H42F3NO15/c1-3-4-8-22(44)54-32(34(49)50)17-12-16-25(31(48)27-26(29(16)46)28(45)15-6-5-7-20(52-2)23(15)30(27)47)33(55-40-35(51)36(37,38)39)24(17)21-10-9-18(42)19(43)11-14(41)13-53-21/h5-7,14,17-19,21,24-25,31-33,41-43,46,48H,3-4,8-13H2,1-2H3,(H,40,51)(H,49,50)/t14-,17?,18+,19-,21+,24?,25?,31?,32?,33?/m1/s1. The number of esters is 1. The van der Waals surface area contributed by atoms with Crippen LogP contribution in [0.1, 0.15) is 72.6 Å². The molecule has 1 saturated carbocycles. The summed E-state index contributed by atoms with van der Waals surface area (Å²) in [5, 5.41) is 66.0. The Balaban J connectivity index is 1.73. The number of carboxylic acids is 1. The summed E-state index contributed by atoms with van der Waals surface area (Å²) in [6.07, 6.45) is -18.8. The van der Waals surface area contributed by atoms with Gasteiger partial charge >= 0.3 is 24.0 Å². The molecule has 6 unspecified atom stereocenters. The highest BCUT2D eigenvalue weighted by atomic mass is 19.4. The first-order chi connectivity index (χ1) is 25.9. The summed E-state index contributed by atoms with van der Waals surface area (Å²) in [5.74, 6) is -13.4. The fraction of sp³-hybridized carbons (Fsp3) is 0.583. The Morgan fingerprint density at radius 2 is 1.76 bits per heavy atom. The van der Waals surface area contributed by atoms with Crippen molar-refractivity contribution in [2.75, 3.05) is 13.7 Å². The molecule has 7 N–H and O–H groups in total. The summed E-state index contributed by atoms with van der Waals surface area (Å²) in [6.45, 7) is 1.18. The van der Waals surface area contributed by atoms with Gasteiger partial charge in [-0.1, -0.05) is 25.5 Å². The Morgan fingerprint density at radius 1 is 1.05 bits per heavy atom. The number of ether oxygens (including phenoxy) is 3. The number of Topliss-reactive ketones (excluding diaryl/α,β-unsaturated/α-hetero) is 2. The van der Waals surface area contributed by atoms with Gasteiger partial charge in [0.25, 0.3) is 0 Å². The van der Waals surface area contributed by atoms with Gasteiger partial charge in [0.1, 0.15) is 17.6 Å². The number of methoxy groups -OCH3 is 1. The van der Waals surface area contributed by atoms with E-state index in [1.165, 1.54) is 30.8 Å². The number of hydrogen-bond acceptors (Lipinski definition) is 14. The number of aliphatic hydroxyl groups excluding tert-OH is 5. The van der Waals surface area contributed by atoms with E-state index in [1.807, 2.05) is 0 Å². The van der Waals surface area contributed by atoms with Crippen molar-refractivity contribution in [3.8, 4) is 5.75 Å². The third-order valence-corrected chi connectivity index (χ3v) is 10.5. The number of nitrogens with one attached hydrogen (secondary N) is 1. The zero-order valence-corrected chi connectivity index (χ0v) is 29.7. The second-order valence-electron chi connectivity index (χ2n) is 14.0. The summed E-state index contributed by atoms with van der Waals surface area (Å²) in [5.41, 5.74) is -0.985. The molecule has 3 aliphatic carbocycles. The quantitative estimate of drug-likeness (QED) is 0.131. The average Bonchev–Trinajstić information content (AvgIpc) is 3.19. The second kappa shape index (κ2) is 16.8. The lowest BCUT2D eigenvalue weighted by molar-refractivity contribution is -0.211. The minimum Gasteiger partial charge on any atom is -0.507 e. The summed E-state index contributed by atoms with van der Waals surface area (Å²) >= 11 is 0. The van der Waals surface area contributed by atoms with E-state index in [0.717, 1.165) is 0 Å². The van der Waals surface area contributed by atoms with E-state index >= 15 is 0 Å². The number of aliphatic carboxylic acids is 1. The fourth-order valence-corrected chi connectivity index (χ4v) is 7.94. The van der Waals surface area contributed by atoms with Crippen LogP contribution in [0.3, 0.4) is 0 Å². The number of allylic oxidation sites excluding steroid dienone is 1. The van der Waals surface area contributed by atoms with E-state index in [9.17, 15) is 67.8 Å². The maximum Gasteiger partial charge on any atom is 0.473 e. The molecule has 1 aliphatic heterocycles. The number of ketones is 2. The molecule has 4 aliphatic rings. The Kier molecular flexibility index (Phi) is 12.7. The molecular weight excluding hydrogens is 743 g/mol. The molecule has 10 atom stereocenters. The number of benzene rings is 1. The first-order valence-corrected chi connectivity index (χ1v) is 17.6. The maximum atomic E-state index is 14.1. The maximum absolute atomic E-state index is 14.1. The van der Waals surface area contributed by atoms with Crippen LogP contribution in [0.5, 0.6) is 5.75 Å². The molecule has 1 aromatic rings. The van der Waals surface area contributed by atoms with Gasteiger partial charge < -0.3 is 44.8 Å². The molecule has 0 bridgehead atoms. The molecule has 0 aromatic heterocycles. The summed E-state index contributed by atoms with van der Waals surface area (Å²) in [6, 6.07) is 4.01. The van der Waals surface area contributed by atoms with Crippen LogP contribution in [-0.2, 0) is 28.7 Å². The molecular formula is C36H42F3NO15. The largest absolute Gasteiger partial charge is 0.507 e. The number of hydroxylamine groups is 1. The van der Waals surface area contributed by atoms with E-state index in [-0.39, 0.29) is 54.6 Å². The van der Waals surface area contributed by atoms with Crippen molar-refractivity contribution < 1.29 is 86.8 Å². The van der Waals surface area contributed by atoms with Crippen molar-refractivity contribution >= 4 is 29.4 Å². The van der Waals surface area contributed by atoms with Crippen molar-refractivity contribution in [2.24, 2.45) is 17.8 Å². The normalized spacial score (nSPS) is 30.5. The Morgan fingerprint density at radius 3 is 2.40 bits per heavy atom. The second-order valence-corrected chi connectivity index (χ2v) is 14.0. The number of carbonyl (C=O) groups excluding carboxylic acids is 4. The number of hydrogen-bond donors (Lipinski definition) is 7.